The van der Waals surface area contributed by atoms with Gasteiger partial charge in [0.1, 0.15) is 17.6 Å². The smallest absolute Gasteiger partial charge is 0.275 e. The average molecular weight is 395 g/mol. The van der Waals surface area contributed by atoms with Crippen LogP contribution in [0.2, 0.25) is 0 Å². The van der Waals surface area contributed by atoms with Crippen LogP contribution in [-0.4, -0.2) is 35.1 Å². The van der Waals surface area contributed by atoms with Gasteiger partial charge in [0, 0.05) is 18.6 Å². The lowest BCUT2D eigenvalue weighted by atomic mass is 10.2. The van der Waals surface area contributed by atoms with Gasteiger partial charge >= 0.3 is 0 Å². The van der Waals surface area contributed by atoms with Crippen molar-refractivity contribution in [2.75, 3.05) is 5.32 Å². The molecule has 0 aliphatic heterocycles. The summed E-state index contributed by atoms with van der Waals surface area (Å²) in [6.07, 6.45) is 1.96. The number of hydrogen-bond donors (Lipinski definition) is 1. The largest absolute Gasteiger partial charge is 0.321 e. The van der Waals surface area contributed by atoms with Crippen LogP contribution in [0.1, 0.15) is 0 Å². The van der Waals surface area contributed by atoms with Crippen molar-refractivity contribution in [2.45, 2.75) is 13.0 Å². The molecule has 8 nitrogen and oxygen atoms in total. The van der Waals surface area contributed by atoms with Crippen molar-refractivity contribution in [3.05, 3.63) is 59.3 Å². The van der Waals surface area contributed by atoms with Crippen LogP contribution in [0.25, 0.3) is 27.6 Å². The van der Waals surface area contributed by atoms with Gasteiger partial charge in [-0.05, 0) is 12.1 Å². The molecule has 5 rings (SSSR count). The first-order valence-electron chi connectivity index (χ1n) is 8.85. The predicted molar refractivity (Wildman–Crippen MR) is 105 cm³/mol. The lowest BCUT2D eigenvalue weighted by molar-refractivity contribution is 0.122. The molecule has 0 spiro atoms. The molecule has 1 N–H and O–H groups in total. The van der Waals surface area contributed by atoms with Crippen LogP contribution in [-0.2, 0) is 13.6 Å². The zero-order chi connectivity index (χ0) is 20.1. The minimum absolute atomic E-state index is 0.147. The summed E-state index contributed by atoms with van der Waals surface area (Å²) in [5.74, 6) is 0.270. The fraction of sp³-hybridized carbons (Fsp3) is 0.158. The first-order chi connectivity index (χ1) is 14.0. The van der Waals surface area contributed by atoms with Gasteiger partial charge in [-0.2, -0.15) is 10.1 Å². The van der Waals surface area contributed by atoms with Crippen molar-refractivity contribution in [1.82, 2.24) is 28.7 Å². The Morgan fingerprint density at radius 1 is 1.14 bits per heavy atom. The van der Waals surface area contributed by atoms with Gasteiger partial charge in [0.05, 0.1) is 23.6 Å². The van der Waals surface area contributed by atoms with Crippen LogP contribution in [0.15, 0.2) is 53.7 Å². The number of para-hydroxylation sites is 1. The Hall–Kier alpha value is -3.82. The first-order valence-corrected chi connectivity index (χ1v) is 8.85. The molecule has 0 fully saturated rings. The van der Waals surface area contributed by atoms with E-state index in [0.29, 0.717) is 22.4 Å². The molecule has 29 heavy (non-hydrogen) atoms. The van der Waals surface area contributed by atoms with E-state index in [1.807, 2.05) is 30.3 Å². The van der Waals surface area contributed by atoms with E-state index in [2.05, 4.69) is 20.4 Å². The van der Waals surface area contributed by atoms with Crippen LogP contribution in [0.4, 0.5) is 20.4 Å². The number of aryl methyl sites for hydroxylation is 1. The van der Waals surface area contributed by atoms with E-state index in [9.17, 15) is 13.6 Å². The topological polar surface area (TPSA) is 82.0 Å². The maximum absolute atomic E-state index is 12.8. The fourth-order valence-electron chi connectivity index (χ4n) is 3.45. The molecule has 146 valence electrons. The summed E-state index contributed by atoms with van der Waals surface area (Å²) in [5.41, 5.74) is 2.84. The molecular formula is C19H15F2N7O. The van der Waals surface area contributed by atoms with Crippen molar-refractivity contribution in [2.24, 2.45) is 7.05 Å². The van der Waals surface area contributed by atoms with Gasteiger partial charge in [0.2, 0.25) is 5.95 Å². The predicted octanol–water partition coefficient (Wildman–Crippen LogP) is 2.94. The van der Waals surface area contributed by atoms with Crippen LogP contribution in [0.5, 0.6) is 0 Å². The summed E-state index contributed by atoms with van der Waals surface area (Å²) in [6.45, 7) is -0.488. The highest BCUT2D eigenvalue weighted by atomic mass is 19.3. The Bertz CT molecular complexity index is 1430. The van der Waals surface area contributed by atoms with E-state index in [1.165, 1.54) is 17.0 Å². The number of rotatable bonds is 4. The molecule has 4 heterocycles. The number of aromatic nitrogens is 6. The van der Waals surface area contributed by atoms with E-state index < -0.39 is 13.0 Å². The average Bonchev–Trinajstić information content (AvgIpc) is 3.30. The second-order valence-corrected chi connectivity index (χ2v) is 6.66. The maximum Gasteiger partial charge on any atom is 0.275 e. The van der Waals surface area contributed by atoms with E-state index in [-0.39, 0.29) is 11.5 Å². The Morgan fingerprint density at radius 3 is 2.79 bits per heavy atom. The highest BCUT2D eigenvalue weighted by Crippen LogP contribution is 2.23. The quantitative estimate of drug-likeness (QED) is 0.506. The second-order valence-electron chi connectivity index (χ2n) is 6.66. The zero-order valence-electron chi connectivity index (χ0n) is 15.3. The molecule has 0 aliphatic rings. The summed E-state index contributed by atoms with van der Waals surface area (Å²) in [4.78, 5) is 21.6. The van der Waals surface area contributed by atoms with Gasteiger partial charge in [-0.1, -0.05) is 18.2 Å². The standard InChI is InChI=1S/C19H15F2N7O/c1-26-15-8-22-19(24-12-7-23-27(9-12)10-16(20)21)25-17(15)28-13-5-3-2-4-11(13)6-14(28)18(26)29/h2-9,16H,10H2,1H3,(H,22,24,25). The number of halogens is 2. The minimum Gasteiger partial charge on any atom is -0.321 e. The summed E-state index contributed by atoms with van der Waals surface area (Å²) in [5, 5.41) is 7.80. The van der Waals surface area contributed by atoms with Gasteiger partial charge in [0.15, 0.2) is 5.65 Å². The number of benzene rings is 1. The SMILES string of the molecule is Cn1c(=O)c2cc3ccccc3n2c2nc(Nc3cnn(CC(F)F)c3)ncc21. The Labute approximate surface area is 162 Å². The first kappa shape index (κ1) is 17.3. The minimum atomic E-state index is -2.49. The molecule has 0 saturated heterocycles. The van der Waals surface area contributed by atoms with E-state index in [1.54, 1.807) is 17.6 Å². The van der Waals surface area contributed by atoms with Crippen LogP contribution < -0.4 is 10.9 Å². The van der Waals surface area contributed by atoms with E-state index >= 15 is 0 Å². The lowest BCUT2D eigenvalue weighted by Gasteiger charge is -2.09. The Morgan fingerprint density at radius 2 is 1.97 bits per heavy atom. The maximum atomic E-state index is 12.8. The molecule has 0 aliphatic carbocycles. The van der Waals surface area contributed by atoms with Crippen molar-refractivity contribution < 1.29 is 8.78 Å². The second kappa shape index (κ2) is 6.36. The van der Waals surface area contributed by atoms with Crippen LogP contribution in [0, 0.1) is 0 Å². The van der Waals surface area contributed by atoms with Gasteiger partial charge < -0.3 is 9.88 Å². The number of fused-ring (bicyclic) bond motifs is 5. The van der Waals surface area contributed by atoms with E-state index in [4.69, 9.17) is 0 Å². The van der Waals surface area contributed by atoms with Crippen molar-refractivity contribution in [3.63, 3.8) is 0 Å². The Balaban J connectivity index is 1.67. The van der Waals surface area contributed by atoms with Crippen molar-refractivity contribution in [3.8, 4) is 0 Å². The van der Waals surface area contributed by atoms with E-state index in [0.717, 1.165) is 15.6 Å². The lowest BCUT2D eigenvalue weighted by Crippen LogP contribution is -2.20. The van der Waals surface area contributed by atoms with Gasteiger partial charge in [-0.15, -0.1) is 0 Å². The number of anilines is 2. The normalized spacial score (nSPS) is 11.9. The summed E-state index contributed by atoms with van der Waals surface area (Å²) < 4.78 is 29.5. The molecule has 4 aromatic heterocycles. The molecule has 0 radical (unpaired) electrons. The van der Waals surface area contributed by atoms with Crippen molar-refractivity contribution in [1.29, 1.82) is 0 Å². The molecule has 5 aromatic rings. The monoisotopic (exact) mass is 395 g/mol. The highest BCUT2D eigenvalue weighted by Gasteiger charge is 2.15. The molecule has 0 amide bonds. The van der Waals surface area contributed by atoms with Gasteiger partial charge in [-0.3, -0.25) is 13.9 Å². The summed E-state index contributed by atoms with van der Waals surface area (Å²) in [7, 11) is 1.67. The van der Waals surface area contributed by atoms with Gasteiger partial charge in [-0.25, -0.2) is 13.8 Å². The molecule has 0 bridgehead atoms. The third-order valence-corrected chi connectivity index (χ3v) is 4.77. The number of hydrogen-bond acceptors (Lipinski definition) is 5. The molecule has 0 saturated carbocycles. The zero-order valence-corrected chi connectivity index (χ0v) is 15.3. The highest BCUT2D eigenvalue weighted by molar-refractivity contribution is 5.92. The number of alkyl halides is 2. The molecular weight excluding hydrogens is 380 g/mol. The number of nitrogens with one attached hydrogen (secondary N) is 1. The molecule has 1 aromatic carbocycles. The molecule has 0 unspecified atom stereocenters. The summed E-state index contributed by atoms with van der Waals surface area (Å²) >= 11 is 0. The molecule has 0 atom stereocenters. The number of nitrogens with zero attached hydrogens (tertiary/aromatic N) is 6. The third-order valence-electron chi connectivity index (χ3n) is 4.77. The summed E-state index contributed by atoms with van der Waals surface area (Å²) in [6, 6.07) is 9.50. The van der Waals surface area contributed by atoms with Gasteiger partial charge in [0.25, 0.3) is 12.0 Å². The molecule has 10 heteroatoms. The Kier molecular flexibility index (Phi) is 3.79. The third kappa shape index (κ3) is 2.80. The van der Waals surface area contributed by atoms with Crippen LogP contribution >= 0.6 is 0 Å². The van der Waals surface area contributed by atoms with Crippen molar-refractivity contribution >= 4 is 39.2 Å². The fourth-order valence-corrected chi connectivity index (χ4v) is 3.45. The van der Waals surface area contributed by atoms with Crippen LogP contribution in [0.3, 0.4) is 0 Å².